The molecule has 0 rings (SSSR count). The van der Waals surface area contributed by atoms with Crippen LogP contribution in [0.3, 0.4) is 0 Å². The van der Waals surface area contributed by atoms with Crippen LogP contribution in [-0.2, 0) is 9.53 Å². The first kappa shape index (κ1) is 13.4. The first-order chi connectivity index (χ1) is 5.90. The van der Waals surface area contributed by atoms with Gasteiger partial charge in [-0.05, 0) is 19.8 Å². The average molecular weight is 316 g/mol. The summed E-state index contributed by atoms with van der Waals surface area (Å²) in [5.41, 5.74) is 0. The van der Waals surface area contributed by atoms with Crippen molar-refractivity contribution in [3.63, 3.8) is 0 Å². The standard InChI is InChI=1S/C9H16Br2O2/c1-7(10)5-4-6-9(2,11)8(12)13-3/h7H,4-6H2,1-3H3. The molecule has 78 valence electrons. The molecule has 0 aromatic carbocycles. The molecule has 0 heterocycles. The van der Waals surface area contributed by atoms with E-state index in [0.29, 0.717) is 4.83 Å². The second-order valence-electron chi connectivity index (χ2n) is 3.36. The Hall–Kier alpha value is 0.430. The number of carbonyl (C=O) groups is 1. The lowest BCUT2D eigenvalue weighted by Crippen LogP contribution is -2.29. The van der Waals surface area contributed by atoms with Gasteiger partial charge in [-0.25, -0.2) is 0 Å². The van der Waals surface area contributed by atoms with Crippen LogP contribution in [0.2, 0.25) is 0 Å². The maximum absolute atomic E-state index is 11.2. The van der Waals surface area contributed by atoms with Crippen LogP contribution in [0, 0.1) is 0 Å². The Kier molecular flexibility index (Phi) is 6.21. The van der Waals surface area contributed by atoms with Crippen LogP contribution in [0.15, 0.2) is 0 Å². The molecule has 4 heteroatoms. The van der Waals surface area contributed by atoms with E-state index in [0.717, 1.165) is 19.3 Å². The number of alkyl halides is 2. The van der Waals surface area contributed by atoms with Crippen molar-refractivity contribution in [2.24, 2.45) is 0 Å². The first-order valence-corrected chi connectivity index (χ1v) is 6.02. The van der Waals surface area contributed by atoms with Gasteiger partial charge in [0.1, 0.15) is 4.32 Å². The van der Waals surface area contributed by atoms with Crippen LogP contribution < -0.4 is 0 Å². The topological polar surface area (TPSA) is 26.3 Å². The Morgan fingerprint density at radius 3 is 2.54 bits per heavy atom. The van der Waals surface area contributed by atoms with Gasteiger partial charge < -0.3 is 4.74 Å². The smallest absolute Gasteiger partial charge is 0.322 e. The lowest BCUT2D eigenvalue weighted by molar-refractivity contribution is -0.143. The van der Waals surface area contributed by atoms with Crippen molar-refractivity contribution in [1.29, 1.82) is 0 Å². The molecular formula is C9H16Br2O2. The molecule has 0 aromatic rings. The summed E-state index contributed by atoms with van der Waals surface area (Å²) in [6, 6.07) is 0. The number of carbonyl (C=O) groups excluding carboxylic acids is 1. The zero-order valence-corrected chi connectivity index (χ0v) is 11.4. The maximum Gasteiger partial charge on any atom is 0.322 e. The van der Waals surface area contributed by atoms with Gasteiger partial charge in [-0.1, -0.05) is 45.2 Å². The van der Waals surface area contributed by atoms with E-state index in [1.54, 1.807) is 0 Å². The van der Waals surface area contributed by atoms with Crippen molar-refractivity contribution in [2.75, 3.05) is 7.11 Å². The maximum atomic E-state index is 11.2. The van der Waals surface area contributed by atoms with Gasteiger partial charge in [0.05, 0.1) is 7.11 Å². The largest absolute Gasteiger partial charge is 0.468 e. The predicted octanol–water partition coefficient (Wildman–Crippen LogP) is 3.27. The first-order valence-electron chi connectivity index (χ1n) is 4.31. The van der Waals surface area contributed by atoms with Crippen molar-refractivity contribution in [3.05, 3.63) is 0 Å². The van der Waals surface area contributed by atoms with E-state index < -0.39 is 4.32 Å². The van der Waals surface area contributed by atoms with E-state index in [1.807, 2.05) is 6.92 Å². The summed E-state index contributed by atoms with van der Waals surface area (Å²) >= 11 is 6.83. The highest BCUT2D eigenvalue weighted by molar-refractivity contribution is 9.10. The highest BCUT2D eigenvalue weighted by atomic mass is 79.9. The van der Waals surface area contributed by atoms with Gasteiger partial charge in [-0.2, -0.15) is 0 Å². The summed E-state index contributed by atoms with van der Waals surface area (Å²) < 4.78 is 4.15. The lowest BCUT2D eigenvalue weighted by atomic mass is 10.0. The fraction of sp³-hybridized carbons (Fsp3) is 0.889. The van der Waals surface area contributed by atoms with Crippen LogP contribution >= 0.6 is 31.9 Å². The van der Waals surface area contributed by atoms with Crippen molar-refractivity contribution < 1.29 is 9.53 Å². The highest BCUT2D eigenvalue weighted by Gasteiger charge is 2.30. The third kappa shape index (κ3) is 5.68. The zero-order valence-electron chi connectivity index (χ0n) is 8.27. The summed E-state index contributed by atoms with van der Waals surface area (Å²) in [5.74, 6) is -0.199. The monoisotopic (exact) mass is 314 g/mol. The fourth-order valence-electron chi connectivity index (χ4n) is 1.03. The molecule has 2 unspecified atom stereocenters. The molecule has 0 radical (unpaired) electrons. The van der Waals surface area contributed by atoms with Gasteiger partial charge in [0.2, 0.25) is 0 Å². The quantitative estimate of drug-likeness (QED) is 0.575. The highest BCUT2D eigenvalue weighted by Crippen LogP contribution is 2.26. The summed E-state index contributed by atoms with van der Waals surface area (Å²) in [4.78, 5) is 11.7. The Morgan fingerprint density at radius 2 is 2.15 bits per heavy atom. The molecule has 13 heavy (non-hydrogen) atoms. The third-order valence-corrected chi connectivity index (χ3v) is 3.04. The molecule has 0 aliphatic heterocycles. The molecule has 0 bridgehead atoms. The van der Waals surface area contributed by atoms with Gasteiger partial charge in [0.15, 0.2) is 0 Å². The third-order valence-electron chi connectivity index (χ3n) is 1.86. The van der Waals surface area contributed by atoms with E-state index in [-0.39, 0.29) is 5.97 Å². The number of ether oxygens (including phenoxy) is 1. The number of methoxy groups -OCH3 is 1. The number of hydrogen-bond acceptors (Lipinski definition) is 2. The minimum atomic E-state index is -0.524. The SMILES string of the molecule is COC(=O)C(C)(Br)CCCC(C)Br. The molecule has 0 amide bonds. The number of rotatable bonds is 5. The summed E-state index contributed by atoms with van der Waals surface area (Å²) in [6.07, 6.45) is 2.87. The van der Waals surface area contributed by atoms with E-state index in [2.05, 4.69) is 43.5 Å². The minimum absolute atomic E-state index is 0.199. The van der Waals surface area contributed by atoms with Crippen LogP contribution in [0.25, 0.3) is 0 Å². The Morgan fingerprint density at radius 1 is 1.62 bits per heavy atom. The Labute approximate surface area is 96.7 Å². The van der Waals surface area contributed by atoms with Crippen LogP contribution in [0.1, 0.15) is 33.1 Å². The summed E-state index contributed by atoms with van der Waals surface area (Å²) in [6.45, 7) is 3.95. The van der Waals surface area contributed by atoms with Crippen molar-refractivity contribution in [1.82, 2.24) is 0 Å². The second kappa shape index (κ2) is 6.02. The molecule has 2 atom stereocenters. The summed E-state index contributed by atoms with van der Waals surface area (Å²) in [5, 5.41) is 0. The van der Waals surface area contributed by atoms with E-state index in [9.17, 15) is 4.79 Å². The molecule has 2 nitrogen and oxygen atoms in total. The zero-order chi connectivity index (χ0) is 10.5. The van der Waals surface area contributed by atoms with Gasteiger partial charge in [-0.15, -0.1) is 0 Å². The van der Waals surface area contributed by atoms with Gasteiger partial charge in [0.25, 0.3) is 0 Å². The van der Waals surface area contributed by atoms with Crippen LogP contribution in [0.5, 0.6) is 0 Å². The molecule has 0 N–H and O–H groups in total. The molecule has 0 saturated carbocycles. The normalized spacial score (nSPS) is 17.6. The van der Waals surface area contributed by atoms with Crippen molar-refractivity contribution >= 4 is 37.8 Å². The number of esters is 1. The lowest BCUT2D eigenvalue weighted by Gasteiger charge is -2.19. The van der Waals surface area contributed by atoms with Crippen LogP contribution in [-0.4, -0.2) is 22.2 Å². The molecule has 0 aromatic heterocycles. The molecule has 0 spiro atoms. The number of halogens is 2. The molecular weight excluding hydrogens is 300 g/mol. The van der Waals surface area contributed by atoms with E-state index in [4.69, 9.17) is 0 Å². The van der Waals surface area contributed by atoms with Crippen molar-refractivity contribution in [3.8, 4) is 0 Å². The van der Waals surface area contributed by atoms with Gasteiger partial charge in [-0.3, -0.25) is 4.79 Å². The Balaban J connectivity index is 3.82. The fourth-order valence-corrected chi connectivity index (χ4v) is 1.80. The van der Waals surface area contributed by atoms with Crippen LogP contribution in [0.4, 0.5) is 0 Å². The van der Waals surface area contributed by atoms with E-state index in [1.165, 1.54) is 7.11 Å². The average Bonchev–Trinajstić information content (AvgIpc) is 2.01. The molecule has 0 aliphatic carbocycles. The molecule has 0 saturated heterocycles. The predicted molar refractivity (Wildman–Crippen MR) is 61.6 cm³/mol. The minimum Gasteiger partial charge on any atom is -0.468 e. The summed E-state index contributed by atoms with van der Waals surface area (Å²) in [7, 11) is 1.41. The van der Waals surface area contributed by atoms with Gasteiger partial charge >= 0.3 is 5.97 Å². The number of hydrogen-bond donors (Lipinski definition) is 0. The molecule has 0 fully saturated rings. The Bertz CT molecular complexity index is 167. The van der Waals surface area contributed by atoms with Gasteiger partial charge in [0, 0.05) is 4.83 Å². The second-order valence-corrected chi connectivity index (χ2v) is 6.68. The van der Waals surface area contributed by atoms with E-state index >= 15 is 0 Å². The molecule has 0 aliphatic rings. The van der Waals surface area contributed by atoms with Crippen molar-refractivity contribution in [2.45, 2.75) is 42.3 Å².